The van der Waals surface area contributed by atoms with Crippen molar-refractivity contribution in [2.75, 3.05) is 0 Å². The highest BCUT2D eigenvalue weighted by Crippen LogP contribution is 2.32. The molecule has 0 radical (unpaired) electrons. The van der Waals surface area contributed by atoms with Crippen molar-refractivity contribution in [2.24, 2.45) is 5.92 Å². The Bertz CT molecular complexity index is 265. The zero-order valence-corrected chi connectivity index (χ0v) is 15.5. The van der Waals surface area contributed by atoms with Crippen molar-refractivity contribution in [3.8, 4) is 0 Å². The van der Waals surface area contributed by atoms with Crippen LogP contribution in [-0.4, -0.2) is 17.0 Å². The van der Waals surface area contributed by atoms with E-state index in [4.69, 9.17) is 19.6 Å². The van der Waals surface area contributed by atoms with Gasteiger partial charge in [0.1, 0.15) is 0 Å². The first-order valence-electron chi connectivity index (χ1n) is 8.25. The fourth-order valence-electron chi connectivity index (χ4n) is 1.46. The average molecular weight is 304 g/mol. The van der Waals surface area contributed by atoms with Crippen LogP contribution in [0, 0.1) is 5.92 Å². The van der Waals surface area contributed by atoms with Gasteiger partial charge in [-0.25, -0.2) is 9.78 Å². The van der Waals surface area contributed by atoms with Gasteiger partial charge in [0.05, 0.1) is 11.2 Å². The zero-order valence-electron chi connectivity index (χ0n) is 15.5. The summed E-state index contributed by atoms with van der Waals surface area (Å²) in [5, 5.41) is 0. The summed E-state index contributed by atoms with van der Waals surface area (Å²) in [6.07, 6.45) is 3.08. The fraction of sp³-hybridized carbons (Fsp3) is 1.00. The van der Waals surface area contributed by atoms with Crippen LogP contribution in [0.25, 0.3) is 0 Å². The second-order valence-corrected chi connectivity index (χ2v) is 7.42. The van der Waals surface area contributed by atoms with Gasteiger partial charge >= 0.3 is 0 Å². The first-order valence-corrected chi connectivity index (χ1v) is 8.25. The van der Waals surface area contributed by atoms with E-state index in [0.29, 0.717) is 18.8 Å². The highest BCUT2D eigenvalue weighted by atomic mass is 17.3. The molecule has 0 bridgehead atoms. The van der Waals surface area contributed by atoms with Crippen molar-refractivity contribution in [1.82, 2.24) is 0 Å². The number of rotatable bonds is 11. The van der Waals surface area contributed by atoms with Gasteiger partial charge in [-0.15, -0.1) is 0 Å². The van der Waals surface area contributed by atoms with Gasteiger partial charge in [-0.3, -0.25) is 0 Å². The highest BCUT2D eigenvalue weighted by Gasteiger charge is 2.38. The molecule has 0 unspecified atom stereocenters. The van der Waals surface area contributed by atoms with Crippen LogP contribution in [0.1, 0.15) is 88.0 Å². The predicted octanol–water partition coefficient (Wildman–Crippen LogP) is 5.41. The standard InChI is InChI=1S/C17H36O4/c1-10-15(6,7)18-20-17(12-3,13-14(4)5)21-19-16(8,9)11-2/h14H,10-13H2,1-9H3. The van der Waals surface area contributed by atoms with Crippen LogP contribution in [0.2, 0.25) is 0 Å². The summed E-state index contributed by atoms with van der Waals surface area (Å²) in [6.45, 7) is 18.4. The van der Waals surface area contributed by atoms with Gasteiger partial charge in [-0.1, -0.05) is 34.6 Å². The molecule has 0 aromatic rings. The topological polar surface area (TPSA) is 36.9 Å². The Kier molecular flexibility index (Phi) is 8.40. The molecule has 4 nitrogen and oxygen atoms in total. The number of hydrogen-bond acceptors (Lipinski definition) is 4. The molecule has 0 rings (SSSR count). The summed E-state index contributed by atoms with van der Waals surface area (Å²) in [5.74, 6) is -0.459. The molecule has 0 saturated carbocycles. The molecule has 0 aliphatic rings. The largest absolute Gasteiger partial charge is 0.234 e. The maximum atomic E-state index is 5.74. The summed E-state index contributed by atoms with van der Waals surface area (Å²) in [5.41, 5.74) is -0.692. The molecule has 0 saturated heterocycles. The second kappa shape index (κ2) is 8.47. The molecule has 0 atom stereocenters. The summed E-state index contributed by atoms with van der Waals surface area (Å²) >= 11 is 0. The van der Waals surface area contributed by atoms with E-state index >= 15 is 0 Å². The lowest BCUT2D eigenvalue weighted by atomic mass is 10.0. The van der Waals surface area contributed by atoms with E-state index in [1.54, 1.807) is 0 Å². The van der Waals surface area contributed by atoms with Crippen molar-refractivity contribution in [1.29, 1.82) is 0 Å². The SMILES string of the molecule is CCC(C)(C)OOC(CC)(CC(C)C)OOC(C)(C)CC. The second-order valence-electron chi connectivity index (χ2n) is 7.42. The third kappa shape index (κ3) is 8.15. The molecule has 0 amide bonds. The van der Waals surface area contributed by atoms with Gasteiger partial charge in [0.15, 0.2) is 0 Å². The van der Waals surface area contributed by atoms with Crippen molar-refractivity contribution in [2.45, 2.75) is 105 Å². The van der Waals surface area contributed by atoms with E-state index in [-0.39, 0.29) is 11.2 Å². The Morgan fingerprint density at radius 2 is 1.05 bits per heavy atom. The molecule has 21 heavy (non-hydrogen) atoms. The third-order valence-electron chi connectivity index (χ3n) is 3.80. The summed E-state index contributed by atoms with van der Waals surface area (Å²) in [6, 6.07) is 0. The molecule has 0 aromatic heterocycles. The molecule has 128 valence electrons. The maximum Gasteiger partial charge on any atom is 0.234 e. The van der Waals surface area contributed by atoms with Gasteiger partial charge in [0, 0.05) is 12.8 Å². The summed E-state index contributed by atoms with van der Waals surface area (Å²) in [7, 11) is 0. The van der Waals surface area contributed by atoms with Crippen LogP contribution in [-0.2, 0) is 19.6 Å². The van der Waals surface area contributed by atoms with Crippen molar-refractivity contribution >= 4 is 0 Å². The van der Waals surface area contributed by atoms with Crippen molar-refractivity contribution in [3.63, 3.8) is 0 Å². The summed E-state index contributed by atoms with van der Waals surface area (Å²) < 4.78 is 0. The summed E-state index contributed by atoms with van der Waals surface area (Å²) in [4.78, 5) is 22.7. The van der Waals surface area contributed by atoms with Gasteiger partial charge < -0.3 is 0 Å². The molecule has 0 N–H and O–H groups in total. The van der Waals surface area contributed by atoms with Crippen molar-refractivity contribution < 1.29 is 19.6 Å². The lowest BCUT2D eigenvalue weighted by Gasteiger charge is -2.36. The van der Waals surface area contributed by atoms with E-state index in [0.717, 1.165) is 12.8 Å². The van der Waals surface area contributed by atoms with E-state index in [2.05, 4.69) is 27.7 Å². The van der Waals surface area contributed by atoms with Crippen LogP contribution in [0.15, 0.2) is 0 Å². The minimum atomic E-state index is -0.868. The Labute approximate surface area is 131 Å². The van der Waals surface area contributed by atoms with Gasteiger partial charge in [0.2, 0.25) is 5.79 Å². The zero-order chi connectivity index (χ0) is 16.7. The van der Waals surface area contributed by atoms with Crippen LogP contribution in [0.4, 0.5) is 0 Å². The molecule has 0 heterocycles. The Morgan fingerprint density at radius 1 is 0.667 bits per heavy atom. The highest BCUT2D eigenvalue weighted by molar-refractivity contribution is 4.70. The normalized spacial score (nSPS) is 14.0. The maximum absolute atomic E-state index is 5.74. The van der Waals surface area contributed by atoms with Crippen LogP contribution in [0.5, 0.6) is 0 Å². The Hall–Kier alpha value is -0.160. The minimum absolute atomic E-state index is 0.346. The van der Waals surface area contributed by atoms with E-state index < -0.39 is 5.79 Å². The van der Waals surface area contributed by atoms with Crippen molar-refractivity contribution in [3.05, 3.63) is 0 Å². The molecule has 0 aromatic carbocycles. The lowest BCUT2D eigenvalue weighted by molar-refractivity contribution is -0.546. The molecular weight excluding hydrogens is 268 g/mol. The van der Waals surface area contributed by atoms with Crippen LogP contribution in [0.3, 0.4) is 0 Å². The van der Waals surface area contributed by atoms with Crippen LogP contribution < -0.4 is 0 Å². The monoisotopic (exact) mass is 304 g/mol. The first-order chi connectivity index (χ1) is 9.51. The predicted molar refractivity (Wildman–Crippen MR) is 85.6 cm³/mol. The fourth-order valence-corrected chi connectivity index (χ4v) is 1.46. The third-order valence-corrected chi connectivity index (χ3v) is 3.80. The quantitative estimate of drug-likeness (QED) is 0.290. The first kappa shape index (κ1) is 20.8. The molecule has 0 spiro atoms. The molecule has 0 aliphatic carbocycles. The Balaban J connectivity index is 4.90. The van der Waals surface area contributed by atoms with Gasteiger partial charge in [0.25, 0.3) is 0 Å². The van der Waals surface area contributed by atoms with E-state index in [9.17, 15) is 0 Å². The Morgan fingerprint density at radius 3 is 1.29 bits per heavy atom. The molecule has 0 fully saturated rings. The number of hydrogen-bond donors (Lipinski definition) is 0. The average Bonchev–Trinajstić information content (AvgIpc) is 2.42. The van der Waals surface area contributed by atoms with Gasteiger partial charge in [-0.05, 0) is 46.5 Å². The van der Waals surface area contributed by atoms with Crippen LogP contribution >= 0.6 is 0 Å². The minimum Gasteiger partial charge on any atom is -0.228 e. The molecule has 0 aliphatic heterocycles. The lowest BCUT2D eigenvalue weighted by Crippen LogP contribution is -2.42. The van der Waals surface area contributed by atoms with Gasteiger partial charge in [-0.2, -0.15) is 9.78 Å². The molecule has 4 heteroatoms. The smallest absolute Gasteiger partial charge is 0.228 e. The molecular formula is C17H36O4. The van der Waals surface area contributed by atoms with E-state index in [1.165, 1.54) is 0 Å². The van der Waals surface area contributed by atoms with E-state index in [1.807, 2.05) is 34.6 Å².